The van der Waals surface area contributed by atoms with Crippen molar-refractivity contribution in [3.8, 4) is 11.1 Å². The molecular weight excluding hydrogens is 448 g/mol. The van der Waals surface area contributed by atoms with Crippen molar-refractivity contribution in [1.82, 2.24) is 24.7 Å². The molecule has 2 saturated heterocycles. The molecule has 2 aromatic heterocycles. The Labute approximate surface area is 215 Å². The van der Waals surface area contributed by atoms with Gasteiger partial charge in [0.15, 0.2) is 0 Å². The molecule has 4 heterocycles. The van der Waals surface area contributed by atoms with Gasteiger partial charge in [-0.15, -0.1) is 0 Å². The summed E-state index contributed by atoms with van der Waals surface area (Å²) in [5, 5.41) is 7.59. The highest BCUT2D eigenvalue weighted by atomic mass is 16.2. The highest BCUT2D eigenvalue weighted by Crippen LogP contribution is 2.32. The number of urea groups is 1. The van der Waals surface area contributed by atoms with E-state index in [-0.39, 0.29) is 12.1 Å². The maximum atomic E-state index is 12.4. The molecule has 1 N–H and O–H groups in total. The Morgan fingerprint density at radius 1 is 0.972 bits per heavy atom. The molecule has 0 unspecified atom stereocenters. The minimum Gasteiger partial charge on any atom is -0.366 e. The van der Waals surface area contributed by atoms with Crippen molar-refractivity contribution < 1.29 is 4.79 Å². The molecule has 0 bridgehead atoms. The summed E-state index contributed by atoms with van der Waals surface area (Å²) < 4.78 is 1.98. The Morgan fingerprint density at radius 2 is 1.72 bits per heavy atom. The summed E-state index contributed by atoms with van der Waals surface area (Å²) >= 11 is 0. The average Bonchev–Trinajstić information content (AvgIpc) is 3.33. The molecule has 2 aliphatic heterocycles. The molecule has 192 valence electrons. The second-order valence-electron chi connectivity index (χ2n) is 10.9. The number of fused-ring (bicyclic) bond motifs is 1. The number of piperidine rings is 1. The summed E-state index contributed by atoms with van der Waals surface area (Å²) in [4.78, 5) is 19.3. The number of rotatable bonds is 5. The van der Waals surface area contributed by atoms with Gasteiger partial charge < -0.3 is 20.0 Å². The van der Waals surface area contributed by atoms with Crippen molar-refractivity contribution in [2.75, 3.05) is 44.2 Å². The average molecular weight is 489 g/mol. The molecule has 1 atom stereocenters. The number of aromatic nitrogens is 2. The van der Waals surface area contributed by atoms with Crippen LogP contribution in [0.3, 0.4) is 0 Å². The molecule has 2 aliphatic rings. The summed E-state index contributed by atoms with van der Waals surface area (Å²) in [6.45, 7) is 14.0. The number of carbonyl (C=O) groups excluding carboxylic acids is 1. The van der Waals surface area contributed by atoms with Crippen molar-refractivity contribution in [3.63, 3.8) is 0 Å². The third-order valence-electron chi connectivity index (χ3n) is 7.70. The van der Waals surface area contributed by atoms with E-state index in [1.807, 2.05) is 29.5 Å². The van der Waals surface area contributed by atoms with Gasteiger partial charge in [-0.1, -0.05) is 24.3 Å². The maximum Gasteiger partial charge on any atom is 0.317 e. The van der Waals surface area contributed by atoms with Crippen LogP contribution < -0.4 is 10.2 Å². The van der Waals surface area contributed by atoms with Crippen LogP contribution in [0.1, 0.15) is 52.0 Å². The first-order chi connectivity index (χ1) is 17.4. The second-order valence-corrected chi connectivity index (χ2v) is 10.9. The summed E-state index contributed by atoms with van der Waals surface area (Å²) in [7, 11) is 0. The lowest BCUT2D eigenvalue weighted by Gasteiger charge is -2.36. The third-order valence-corrected chi connectivity index (χ3v) is 7.70. The molecule has 7 nitrogen and oxygen atoms in total. The van der Waals surface area contributed by atoms with Crippen LogP contribution in [0.25, 0.3) is 16.6 Å². The number of nitrogens with zero attached hydrogens (tertiary/aromatic N) is 5. The summed E-state index contributed by atoms with van der Waals surface area (Å²) in [5.74, 6) is 0.623. The monoisotopic (exact) mass is 488 g/mol. The standard InChI is InChI=1S/C29H40N6O/c1-21(2)31-29(36)33-16-14-32(15-17-33)27-11-12-30-35-20-26(18-28(27)35)24-9-7-23(8-10-24)25-6-5-13-34(19-25)22(3)4/h7-12,18,20-22,25H,5-6,13-17,19H2,1-4H3,(H,31,36)/t25-/m1/s1. The van der Waals surface area contributed by atoms with Crippen LogP contribution in [0.2, 0.25) is 0 Å². The van der Waals surface area contributed by atoms with Crippen molar-refractivity contribution >= 4 is 17.2 Å². The number of benzene rings is 1. The smallest absolute Gasteiger partial charge is 0.317 e. The molecular formula is C29H40N6O. The van der Waals surface area contributed by atoms with E-state index in [0.29, 0.717) is 12.0 Å². The number of carbonyl (C=O) groups is 1. The molecule has 36 heavy (non-hydrogen) atoms. The van der Waals surface area contributed by atoms with Crippen LogP contribution in [0, 0.1) is 0 Å². The summed E-state index contributed by atoms with van der Waals surface area (Å²) in [5.41, 5.74) is 6.14. The molecule has 0 radical (unpaired) electrons. The van der Waals surface area contributed by atoms with Crippen LogP contribution in [-0.4, -0.2) is 76.8 Å². The number of anilines is 1. The minimum absolute atomic E-state index is 0.0306. The zero-order valence-electron chi connectivity index (χ0n) is 22.2. The topological polar surface area (TPSA) is 56.1 Å². The Kier molecular flexibility index (Phi) is 7.19. The summed E-state index contributed by atoms with van der Waals surface area (Å²) in [6, 6.07) is 14.3. The number of hydrogen-bond acceptors (Lipinski definition) is 4. The quantitative estimate of drug-likeness (QED) is 0.559. The number of nitrogens with one attached hydrogen (secondary N) is 1. The first-order valence-electron chi connectivity index (χ1n) is 13.5. The van der Waals surface area contributed by atoms with Gasteiger partial charge in [0.1, 0.15) is 0 Å². The number of hydrogen-bond donors (Lipinski definition) is 1. The zero-order valence-corrected chi connectivity index (χ0v) is 22.2. The van der Waals surface area contributed by atoms with E-state index in [2.05, 4.69) is 76.7 Å². The number of piperazine rings is 1. The Hall–Kier alpha value is -3.06. The predicted molar refractivity (Wildman–Crippen MR) is 147 cm³/mol. The Morgan fingerprint density at radius 3 is 2.42 bits per heavy atom. The molecule has 0 spiro atoms. The van der Waals surface area contributed by atoms with Crippen molar-refractivity contribution in [1.29, 1.82) is 0 Å². The first kappa shape index (κ1) is 24.6. The zero-order chi connectivity index (χ0) is 25.2. The van der Waals surface area contributed by atoms with Crippen LogP contribution in [0.5, 0.6) is 0 Å². The van der Waals surface area contributed by atoms with E-state index in [1.165, 1.54) is 41.8 Å². The van der Waals surface area contributed by atoms with E-state index in [1.54, 1.807) is 0 Å². The predicted octanol–water partition coefficient (Wildman–Crippen LogP) is 4.83. The Balaban J connectivity index is 1.30. The molecule has 1 aromatic carbocycles. The number of amides is 2. The van der Waals surface area contributed by atoms with Crippen LogP contribution >= 0.6 is 0 Å². The fourth-order valence-electron chi connectivity index (χ4n) is 5.61. The molecule has 2 fully saturated rings. The molecule has 0 aliphatic carbocycles. The van der Waals surface area contributed by atoms with Crippen LogP contribution in [0.4, 0.5) is 10.5 Å². The molecule has 0 saturated carbocycles. The van der Waals surface area contributed by atoms with Crippen molar-refractivity contribution in [2.24, 2.45) is 0 Å². The number of likely N-dealkylation sites (tertiary alicyclic amines) is 1. The van der Waals surface area contributed by atoms with Gasteiger partial charge in [0.05, 0.1) is 11.2 Å². The van der Waals surface area contributed by atoms with E-state index >= 15 is 0 Å². The Bertz CT molecular complexity index is 1180. The fourth-order valence-corrected chi connectivity index (χ4v) is 5.61. The van der Waals surface area contributed by atoms with Gasteiger partial charge in [-0.25, -0.2) is 9.31 Å². The lowest BCUT2D eigenvalue weighted by atomic mass is 9.89. The SMILES string of the molecule is CC(C)NC(=O)N1CCN(c2ccnn3cc(-c4ccc([C@@H]5CCCN(C(C)C)C5)cc4)cc23)CC1. The van der Waals surface area contributed by atoms with E-state index in [9.17, 15) is 4.79 Å². The van der Waals surface area contributed by atoms with E-state index in [0.717, 1.165) is 38.2 Å². The third kappa shape index (κ3) is 5.21. The van der Waals surface area contributed by atoms with Gasteiger partial charge >= 0.3 is 6.03 Å². The van der Waals surface area contributed by atoms with Gasteiger partial charge in [0, 0.05) is 62.8 Å². The molecule has 3 aromatic rings. The minimum atomic E-state index is 0.0306. The van der Waals surface area contributed by atoms with Gasteiger partial charge in [-0.05, 0) is 76.3 Å². The van der Waals surface area contributed by atoms with Crippen molar-refractivity contribution in [3.05, 3.63) is 54.4 Å². The van der Waals surface area contributed by atoms with Crippen LogP contribution in [-0.2, 0) is 0 Å². The largest absolute Gasteiger partial charge is 0.366 e. The lowest BCUT2D eigenvalue weighted by Crippen LogP contribution is -2.53. The maximum absolute atomic E-state index is 12.4. The van der Waals surface area contributed by atoms with E-state index < -0.39 is 0 Å². The fraction of sp³-hybridized carbons (Fsp3) is 0.517. The lowest BCUT2D eigenvalue weighted by molar-refractivity contribution is 0.167. The second kappa shape index (κ2) is 10.5. The molecule has 2 amide bonds. The van der Waals surface area contributed by atoms with Gasteiger partial charge in [0.2, 0.25) is 0 Å². The molecule has 7 heteroatoms. The molecule has 5 rings (SSSR count). The van der Waals surface area contributed by atoms with Crippen molar-refractivity contribution in [2.45, 2.75) is 58.5 Å². The highest BCUT2D eigenvalue weighted by molar-refractivity contribution is 5.80. The highest BCUT2D eigenvalue weighted by Gasteiger charge is 2.24. The first-order valence-corrected chi connectivity index (χ1v) is 13.5. The van der Waals surface area contributed by atoms with E-state index in [4.69, 9.17) is 0 Å². The van der Waals surface area contributed by atoms with Crippen LogP contribution in [0.15, 0.2) is 48.8 Å². The normalized spacial score (nSPS) is 19.4. The van der Waals surface area contributed by atoms with Gasteiger partial charge in [-0.3, -0.25) is 0 Å². The van der Waals surface area contributed by atoms with Gasteiger partial charge in [-0.2, -0.15) is 5.10 Å². The van der Waals surface area contributed by atoms with Gasteiger partial charge in [0.25, 0.3) is 0 Å². The summed E-state index contributed by atoms with van der Waals surface area (Å²) in [6.07, 6.45) is 6.55.